The minimum atomic E-state index is 0.0655. The molecule has 2 aromatic rings. The number of aliphatic hydroxyl groups is 1. The Hall–Kier alpha value is -2.22. The van der Waals surface area contributed by atoms with Gasteiger partial charge in [0.1, 0.15) is 0 Å². The van der Waals surface area contributed by atoms with Crippen molar-refractivity contribution in [2.75, 3.05) is 25.6 Å². The number of aliphatic hydroxyl groups excluding tert-OH is 1. The Labute approximate surface area is 104 Å². The van der Waals surface area contributed by atoms with Gasteiger partial charge in [-0.25, -0.2) is 4.68 Å². The van der Waals surface area contributed by atoms with E-state index in [1.165, 1.54) is 4.68 Å². The van der Waals surface area contributed by atoms with Crippen molar-refractivity contribution in [3.05, 3.63) is 18.5 Å². The Morgan fingerprint density at radius 1 is 1.39 bits per heavy atom. The molecule has 8 nitrogen and oxygen atoms in total. The fourth-order valence-electron chi connectivity index (χ4n) is 1.24. The molecule has 2 N–H and O–H groups in total. The van der Waals surface area contributed by atoms with Crippen molar-refractivity contribution in [2.24, 2.45) is 0 Å². The molecule has 0 saturated heterocycles. The van der Waals surface area contributed by atoms with E-state index < -0.39 is 0 Å². The molecule has 0 aliphatic heterocycles. The molecular formula is C10H14N6O2. The zero-order valence-electron chi connectivity index (χ0n) is 9.94. The van der Waals surface area contributed by atoms with Gasteiger partial charge in [0.25, 0.3) is 5.95 Å². The van der Waals surface area contributed by atoms with Crippen LogP contribution in [0, 0.1) is 0 Å². The molecule has 0 spiro atoms. The van der Waals surface area contributed by atoms with Crippen molar-refractivity contribution in [2.45, 2.75) is 6.42 Å². The quantitative estimate of drug-likeness (QED) is 0.688. The van der Waals surface area contributed by atoms with E-state index in [1.807, 2.05) is 0 Å². The molecule has 0 atom stereocenters. The molecule has 0 amide bonds. The van der Waals surface area contributed by atoms with Gasteiger partial charge in [-0.3, -0.25) is 0 Å². The number of ether oxygens (including phenoxy) is 1. The van der Waals surface area contributed by atoms with Crippen LogP contribution in [0.4, 0.5) is 5.95 Å². The number of hydrogen-bond acceptors (Lipinski definition) is 7. The smallest absolute Gasteiger partial charge is 0.323 e. The van der Waals surface area contributed by atoms with Gasteiger partial charge in [0, 0.05) is 32.5 Å². The standard InChI is InChI=1S/C10H14N6O2/c1-11-8-13-9(16-5-2-4-12-16)15-10(14-8)18-7-3-6-17/h2,4-5,17H,3,6-7H2,1H3,(H,11,13,14,15). The fraction of sp³-hybridized carbons (Fsp3) is 0.400. The Bertz CT molecular complexity index is 487. The lowest BCUT2D eigenvalue weighted by molar-refractivity contribution is 0.224. The number of anilines is 1. The number of hydrogen-bond donors (Lipinski definition) is 2. The summed E-state index contributed by atoms with van der Waals surface area (Å²) in [5, 5.41) is 15.6. The molecule has 96 valence electrons. The van der Waals surface area contributed by atoms with Gasteiger partial charge < -0.3 is 15.2 Å². The van der Waals surface area contributed by atoms with E-state index in [2.05, 4.69) is 25.4 Å². The predicted molar refractivity (Wildman–Crippen MR) is 63.7 cm³/mol. The second-order valence-corrected chi connectivity index (χ2v) is 3.37. The normalized spacial score (nSPS) is 10.3. The van der Waals surface area contributed by atoms with Gasteiger partial charge >= 0.3 is 6.01 Å². The summed E-state index contributed by atoms with van der Waals surface area (Å²) in [6.07, 6.45) is 3.89. The van der Waals surface area contributed by atoms with E-state index in [-0.39, 0.29) is 12.6 Å². The number of nitrogens with zero attached hydrogens (tertiary/aromatic N) is 5. The summed E-state index contributed by atoms with van der Waals surface area (Å²) in [5.74, 6) is 0.771. The Balaban J connectivity index is 2.22. The Morgan fingerprint density at radius 3 is 2.94 bits per heavy atom. The lowest BCUT2D eigenvalue weighted by Crippen LogP contribution is -2.10. The summed E-state index contributed by atoms with van der Waals surface area (Å²) >= 11 is 0. The van der Waals surface area contributed by atoms with Crippen molar-refractivity contribution in [3.63, 3.8) is 0 Å². The second-order valence-electron chi connectivity index (χ2n) is 3.37. The van der Waals surface area contributed by atoms with Crippen molar-refractivity contribution in [1.82, 2.24) is 24.7 Å². The molecule has 2 heterocycles. The molecule has 0 saturated carbocycles. The first-order chi connectivity index (χ1) is 8.83. The van der Waals surface area contributed by atoms with Crippen molar-refractivity contribution >= 4 is 5.95 Å². The van der Waals surface area contributed by atoms with Crippen LogP contribution >= 0.6 is 0 Å². The number of nitrogens with one attached hydrogen (secondary N) is 1. The molecule has 0 radical (unpaired) electrons. The van der Waals surface area contributed by atoms with Crippen LogP contribution in [0.15, 0.2) is 18.5 Å². The maximum Gasteiger partial charge on any atom is 0.323 e. The van der Waals surface area contributed by atoms with Gasteiger partial charge in [-0.1, -0.05) is 0 Å². The molecule has 0 aliphatic rings. The van der Waals surface area contributed by atoms with Gasteiger partial charge in [-0.15, -0.1) is 0 Å². The lowest BCUT2D eigenvalue weighted by atomic mass is 10.5. The van der Waals surface area contributed by atoms with Gasteiger partial charge in [-0.2, -0.15) is 20.1 Å². The highest BCUT2D eigenvalue weighted by molar-refractivity contribution is 5.28. The monoisotopic (exact) mass is 250 g/mol. The van der Waals surface area contributed by atoms with E-state index in [4.69, 9.17) is 9.84 Å². The van der Waals surface area contributed by atoms with Crippen LogP contribution in [-0.4, -0.2) is 50.1 Å². The average molecular weight is 250 g/mol. The lowest BCUT2D eigenvalue weighted by Gasteiger charge is -2.07. The summed E-state index contributed by atoms with van der Waals surface area (Å²) in [6.45, 7) is 0.415. The van der Waals surface area contributed by atoms with Gasteiger partial charge in [-0.05, 0) is 6.07 Å². The van der Waals surface area contributed by atoms with E-state index in [0.717, 1.165) is 0 Å². The van der Waals surface area contributed by atoms with Crippen molar-refractivity contribution in [3.8, 4) is 12.0 Å². The summed E-state index contributed by atoms with van der Waals surface area (Å²) in [6, 6.07) is 1.98. The summed E-state index contributed by atoms with van der Waals surface area (Å²) in [7, 11) is 1.71. The van der Waals surface area contributed by atoms with Crippen LogP contribution in [0.3, 0.4) is 0 Å². The van der Waals surface area contributed by atoms with Crippen LogP contribution in [0.1, 0.15) is 6.42 Å². The zero-order valence-corrected chi connectivity index (χ0v) is 9.94. The molecule has 8 heteroatoms. The fourth-order valence-corrected chi connectivity index (χ4v) is 1.24. The van der Waals surface area contributed by atoms with E-state index >= 15 is 0 Å². The minimum Gasteiger partial charge on any atom is -0.463 e. The van der Waals surface area contributed by atoms with Crippen LogP contribution in [0.5, 0.6) is 6.01 Å². The van der Waals surface area contributed by atoms with Crippen molar-refractivity contribution in [1.29, 1.82) is 0 Å². The summed E-state index contributed by atoms with van der Waals surface area (Å²) in [5.41, 5.74) is 0. The highest BCUT2D eigenvalue weighted by Crippen LogP contribution is 2.10. The third-order valence-electron chi connectivity index (χ3n) is 2.07. The van der Waals surface area contributed by atoms with Crippen LogP contribution < -0.4 is 10.1 Å². The van der Waals surface area contributed by atoms with Crippen molar-refractivity contribution < 1.29 is 9.84 Å². The minimum absolute atomic E-state index is 0.0655. The van der Waals surface area contributed by atoms with Gasteiger partial charge in [0.15, 0.2) is 0 Å². The van der Waals surface area contributed by atoms with Gasteiger partial charge in [0.2, 0.25) is 5.95 Å². The van der Waals surface area contributed by atoms with E-state index in [1.54, 1.807) is 25.5 Å². The van der Waals surface area contributed by atoms with E-state index in [9.17, 15) is 0 Å². The number of aromatic nitrogens is 5. The first-order valence-corrected chi connectivity index (χ1v) is 5.51. The van der Waals surface area contributed by atoms with E-state index in [0.29, 0.717) is 24.9 Å². The molecule has 0 fully saturated rings. The summed E-state index contributed by atoms with van der Waals surface area (Å²) in [4.78, 5) is 12.3. The maximum atomic E-state index is 8.69. The predicted octanol–water partition coefficient (Wildman–Crippen LogP) is -0.140. The molecule has 2 rings (SSSR count). The highest BCUT2D eigenvalue weighted by atomic mass is 16.5. The Kier molecular flexibility index (Phi) is 4.02. The third kappa shape index (κ3) is 2.92. The third-order valence-corrected chi connectivity index (χ3v) is 2.07. The molecule has 2 aromatic heterocycles. The van der Waals surface area contributed by atoms with Crippen LogP contribution in [-0.2, 0) is 0 Å². The highest BCUT2D eigenvalue weighted by Gasteiger charge is 2.08. The first-order valence-electron chi connectivity index (χ1n) is 5.51. The number of rotatable bonds is 6. The maximum absolute atomic E-state index is 8.69. The SMILES string of the molecule is CNc1nc(OCCCO)nc(-n2cccn2)n1. The molecule has 0 unspecified atom stereocenters. The zero-order chi connectivity index (χ0) is 12.8. The topological polar surface area (TPSA) is 98.0 Å². The van der Waals surface area contributed by atoms with Gasteiger partial charge in [0.05, 0.1) is 6.61 Å². The summed E-state index contributed by atoms with van der Waals surface area (Å²) < 4.78 is 6.84. The Morgan fingerprint density at radius 2 is 2.28 bits per heavy atom. The molecule has 0 bridgehead atoms. The molecule has 18 heavy (non-hydrogen) atoms. The van der Waals surface area contributed by atoms with Crippen LogP contribution in [0.2, 0.25) is 0 Å². The first kappa shape index (κ1) is 12.2. The largest absolute Gasteiger partial charge is 0.463 e. The second kappa shape index (κ2) is 5.92. The molecule has 0 aliphatic carbocycles. The molecule has 0 aromatic carbocycles. The average Bonchev–Trinajstić information content (AvgIpc) is 2.92. The van der Waals surface area contributed by atoms with Crippen LogP contribution in [0.25, 0.3) is 5.95 Å². The molecular weight excluding hydrogens is 236 g/mol.